The largest absolute Gasteiger partial charge is 0.457 e. The summed E-state index contributed by atoms with van der Waals surface area (Å²) in [6.07, 6.45) is 16.0. The maximum absolute atomic E-state index is 12.9. The molecule has 3 rings (SSSR count). The second-order valence-corrected chi connectivity index (χ2v) is 13.2. The summed E-state index contributed by atoms with van der Waals surface area (Å²) in [5.41, 5.74) is -3.87. The van der Waals surface area contributed by atoms with Gasteiger partial charge >= 0.3 is 5.97 Å². The van der Waals surface area contributed by atoms with Gasteiger partial charge < -0.3 is 39.4 Å². The topological polar surface area (TPSA) is 172 Å². The zero-order valence-electron chi connectivity index (χ0n) is 29.1. The van der Waals surface area contributed by atoms with Gasteiger partial charge in [-0.25, -0.2) is 9.78 Å². The van der Waals surface area contributed by atoms with E-state index in [1.54, 1.807) is 84.2 Å². The fourth-order valence-electron chi connectivity index (χ4n) is 6.61. The summed E-state index contributed by atoms with van der Waals surface area (Å²) in [4.78, 5) is 43.7. The first-order chi connectivity index (χ1) is 22.6. The Morgan fingerprint density at radius 2 is 1.85 bits per heavy atom. The number of esters is 1. The molecule has 0 aromatic carbocycles. The summed E-state index contributed by atoms with van der Waals surface area (Å²) in [7, 11) is 2.89. The molecule has 0 saturated carbocycles. The van der Waals surface area contributed by atoms with Crippen LogP contribution in [0.3, 0.4) is 0 Å². The molecule has 48 heavy (non-hydrogen) atoms. The van der Waals surface area contributed by atoms with Gasteiger partial charge in [-0.3, -0.25) is 9.59 Å². The molecule has 2 aliphatic heterocycles. The van der Waals surface area contributed by atoms with Gasteiger partial charge in [0.05, 0.1) is 35.8 Å². The fourth-order valence-corrected chi connectivity index (χ4v) is 6.61. The Balaban J connectivity index is 1.50. The minimum Gasteiger partial charge on any atom is -0.457 e. The van der Waals surface area contributed by atoms with Gasteiger partial charge in [0.15, 0.2) is 6.39 Å². The number of oxazole rings is 1. The minimum absolute atomic E-state index is 0.160. The van der Waals surface area contributed by atoms with Gasteiger partial charge in [-0.1, -0.05) is 68.5 Å². The number of likely N-dealkylation sites (tertiary alicyclic amines) is 1. The van der Waals surface area contributed by atoms with E-state index < -0.39 is 58.8 Å². The van der Waals surface area contributed by atoms with Crippen LogP contribution in [0.15, 0.2) is 77.3 Å². The fraction of sp³-hybridized carbons (Fsp3) is 0.556. The molecule has 3 heterocycles. The number of carbonyl (C=O) groups excluding carboxylic acids is 3. The minimum atomic E-state index is -1.86. The van der Waals surface area contributed by atoms with E-state index in [4.69, 9.17) is 13.9 Å². The van der Waals surface area contributed by atoms with Crippen molar-refractivity contribution in [1.29, 1.82) is 0 Å². The zero-order valence-corrected chi connectivity index (χ0v) is 29.1. The Labute approximate surface area is 282 Å². The van der Waals surface area contributed by atoms with Crippen molar-refractivity contribution in [3.05, 3.63) is 78.6 Å². The maximum Gasteiger partial charge on any atom is 0.339 e. The van der Waals surface area contributed by atoms with E-state index in [0.717, 1.165) is 5.76 Å². The van der Waals surface area contributed by atoms with Crippen molar-refractivity contribution >= 4 is 17.8 Å². The van der Waals surface area contributed by atoms with Crippen molar-refractivity contribution in [3.8, 4) is 0 Å². The van der Waals surface area contributed by atoms with Crippen LogP contribution in [-0.2, 0) is 30.3 Å². The normalized spacial score (nSPS) is 27.7. The number of aromatic nitrogens is 1. The van der Waals surface area contributed by atoms with Crippen LogP contribution in [0.2, 0.25) is 0 Å². The highest BCUT2D eigenvalue weighted by molar-refractivity contribution is 5.99. The van der Waals surface area contributed by atoms with Crippen molar-refractivity contribution in [2.75, 3.05) is 20.7 Å². The maximum atomic E-state index is 12.9. The summed E-state index contributed by atoms with van der Waals surface area (Å²) in [6, 6.07) is 0. The number of allylic oxidation sites excluding steroid dienone is 7. The molecule has 0 aliphatic carbocycles. The lowest BCUT2D eigenvalue weighted by atomic mass is 9.65. The molecule has 1 aromatic heterocycles. The van der Waals surface area contributed by atoms with Gasteiger partial charge in [-0.05, 0) is 45.6 Å². The standard InChI is InChI=1S/C36H51N3O9/c1-23(16-12-9-10-13-17-27-21-37-22-47-27)30(41)34(5,6)32(43)38-19-15-11-14-18-28(40)24(2)20-29(46-8)36(45)25(3)31(42)39(7)35(36)26(4)48-33(35)44/h9-16,18,21-22,24-26,28-30,40-41,45H,17,19-20H2,1-8H3,(H,38,43)/t24-,25+,26-,28+,29+,30-,35-,36-/m1/s1. The number of aliphatic hydroxyl groups is 3. The van der Waals surface area contributed by atoms with Crippen molar-refractivity contribution in [1.82, 2.24) is 15.2 Å². The summed E-state index contributed by atoms with van der Waals surface area (Å²) >= 11 is 0. The van der Waals surface area contributed by atoms with Crippen LogP contribution in [0, 0.1) is 17.3 Å². The number of nitrogens with zero attached hydrogens (tertiary/aromatic N) is 2. The van der Waals surface area contributed by atoms with E-state index in [-0.39, 0.29) is 24.8 Å². The predicted octanol–water partition coefficient (Wildman–Crippen LogP) is 2.82. The Morgan fingerprint density at radius 3 is 2.46 bits per heavy atom. The van der Waals surface area contributed by atoms with Crippen LogP contribution in [0.5, 0.6) is 0 Å². The second kappa shape index (κ2) is 16.0. The Morgan fingerprint density at radius 1 is 1.17 bits per heavy atom. The molecule has 8 atom stereocenters. The lowest BCUT2D eigenvalue weighted by Gasteiger charge is -2.55. The number of ether oxygens (including phenoxy) is 2. The van der Waals surface area contributed by atoms with Gasteiger partial charge in [-0.15, -0.1) is 0 Å². The molecule has 1 spiro atoms. The SMILES string of the molecule is CO[C@@H](C[C@@H](C)[C@@H](O)C=CC=CCNC(=O)C(C)(C)[C@H](O)C(C)=CC=CC=CCc1cnco1)[C@]1(O)[C@@H](C)C(=O)N(C)[C@]12C(=O)O[C@@H]2C. The monoisotopic (exact) mass is 669 g/mol. The van der Waals surface area contributed by atoms with Crippen molar-refractivity contribution in [2.45, 2.75) is 89.9 Å². The number of amides is 2. The molecule has 264 valence electrons. The third-order valence-corrected chi connectivity index (χ3v) is 9.78. The summed E-state index contributed by atoms with van der Waals surface area (Å²) in [6.45, 7) is 10.3. The van der Waals surface area contributed by atoms with Gasteiger partial charge in [-0.2, -0.15) is 0 Å². The van der Waals surface area contributed by atoms with Crippen molar-refractivity contribution < 1.29 is 43.6 Å². The third kappa shape index (κ3) is 7.41. The molecule has 2 amide bonds. The highest BCUT2D eigenvalue weighted by Crippen LogP contribution is 2.54. The number of carbonyl (C=O) groups is 3. The summed E-state index contributed by atoms with van der Waals surface area (Å²) in [5, 5.41) is 36.5. The first-order valence-corrected chi connectivity index (χ1v) is 16.2. The lowest BCUT2D eigenvalue weighted by molar-refractivity contribution is -0.255. The van der Waals surface area contributed by atoms with E-state index in [2.05, 4.69) is 10.3 Å². The second-order valence-electron chi connectivity index (χ2n) is 13.2. The molecule has 12 heteroatoms. The lowest BCUT2D eigenvalue weighted by Crippen LogP contribution is -2.80. The molecule has 4 N–H and O–H groups in total. The van der Waals surface area contributed by atoms with Crippen LogP contribution in [-0.4, -0.2) is 99.2 Å². The smallest absolute Gasteiger partial charge is 0.339 e. The molecule has 1 aromatic rings. The van der Waals surface area contributed by atoms with Crippen molar-refractivity contribution in [3.63, 3.8) is 0 Å². The summed E-state index contributed by atoms with van der Waals surface area (Å²) < 4.78 is 16.0. The molecular weight excluding hydrogens is 618 g/mol. The Kier molecular flexibility index (Phi) is 12.9. The number of rotatable bonds is 16. The van der Waals surface area contributed by atoms with Crippen LogP contribution in [0.1, 0.15) is 53.7 Å². The molecule has 12 nitrogen and oxygen atoms in total. The highest BCUT2D eigenvalue weighted by atomic mass is 16.6. The highest BCUT2D eigenvalue weighted by Gasteiger charge is 2.80. The van der Waals surface area contributed by atoms with E-state index in [1.807, 2.05) is 18.2 Å². The van der Waals surface area contributed by atoms with Crippen LogP contribution in [0.25, 0.3) is 0 Å². The number of aliphatic hydroxyl groups excluding tert-OH is 2. The average molecular weight is 670 g/mol. The molecule has 2 saturated heterocycles. The predicted molar refractivity (Wildman–Crippen MR) is 179 cm³/mol. The van der Waals surface area contributed by atoms with Gasteiger partial charge in [0.1, 0.15) is 17.5 Å². The third-order valence-electron chi connectivity index (χ3n) is 9.78. The van der Waals surface area contributed by atoms with E-state index in [0.29, 0.717) is 12.0 Å². The van der Waals surface area contributed by atoms with Crippen LogP contribution >= 0.6 is 0 Å². The van der Waals surface area contributed by atoms with Crippen LogP contribution < -0.4 is 5.32 Å². The van der Waals surface area contributed by atoms with Gasteiger partial charge in [0.2, 0.25) is 17.4 Å². The van der Waals surface area contributed by atoms with Gasteiger partial charge in [0, 0.05) is 27.1 Å². The first kappa shape index (κ1) is 38.6. The van der Waals surface area contributed by atoms with E-state index in [1.165, 1.54) is 25.5 Å². The number of likely N-dealkylation sites (N-methyl/N-ethyl adjacent to an activating group) is 1. The molecule has 0 unspecified atom stereocenters. The number of hydrogen-bond acceptors (Lipinski definition) is 10. The Bertz CT molecular complexity index is 1430. The number of nitrogens with one attached hydrogen (secondary N) is 1. The quantitative estimate of drug-likeness (QED) is 0.152. The molecule has 2 aliphatic rings. The summed E-state index contributed by atoms with van der Waals surface area (Å²) in [5.74, 6) is -1.95. The molecule has 0 radical (unpaired) electrons. The van der Waals surface area contributed by atoms with E-state index in [9.17, 15) is 29.7 Å². The first-order valence-electron chi connectivity index (χ1n) is 16.2. The number of cyclic esters (lactones) is 1. The van der Waals surface area contributed by atoms with E-state index >= 15 is 0 Å². The molecule has 2 fully saturated rings. The Hall–Kier alpha value is -3.84. The average Bonchev–Trinajstić information content (AvgIpc) is 3.63. The van der Waals surface area contributed by atoms with Crippen LogP contribution in [0.4, 0.5) is 0 Å². The number of hydrogen-bond donors (Lipinski definition) is 4. The van der Waals surface area contributed by atoms with Crippen molar-refractivity contribution in [2.24, 2.45) is 17.3 Å². The molecule has 0 bridgehead atoms. The van der Waals surface area contributed by atoms with Gasteiger partial charge in [0.25, 0.3) is 0 Å². The zero-order chi connectivity index (χ0) is 35.9. The number of methoxy groups -OCH3 is 1. The molecular formula is C36H51N3O9.